The second-order valence-electron chi connectivity index (χ2n) is 2.01. The van der Waals surface area contributed by atoms with Gasteiger partial charge in [0.25, 0.3) is 0 Å². The molecule has 0 nitrogen and oxygen atoms in total. The molecule has 0 amide bonds. The summed E-state index contributed by atoms with van der Waals surface area (Å²) >= 11 is 0. The number of rotatable bonds is 0. The van der Waals surface area contributed by atoms with E-state index in [1.54, 1.807) is 6.92 Å². The summed E-state index contributed by atoms with van der Waals surface area (Å²) < 4.78 is 0. The van der Waals surface area contributed by atoms with Crippen molar-refractivity contribution in [2.45, 2.75) is 33.6 Å². The molecule has 85 valence electrons. The van der Waals surface area contributed by atoms with Crippen LogP contribution in [-0.2, 0) is 17.1 Å². The van der Waals surface area contributed by atoms with Gasteiger partial charge >= 0.3 is 17.1 Å². The van der Waals surface area contributed by atoms with E-state index in [4.69, 9.17) is 0 Å². The van der Waals surface area contributed by atoms with Crippen molar-refractivity contribution >= 4 is 0 Å². The molecule has 2 aliphatic carbocycles. The van der Waals surface area contributed by atoms with Gasteiger partial charge in [0.1, 0.15) is 0 Å². The summed E-state index contributed by atoms with van der Waals surface area (Å²) in [6.07, 6.45) is 20.0. The Morgan fingerprint density at radius 3 is 1.27 bits per heavy atom. The fourth-order valence-electron chi connectivity index (χ4n) is 0.680. The molecule has 0 aromatic carbocycles. The van der Waals surface area contributed by atoms with Crippen molar-refractivity contribution in [1.29, 1.82) is 0 Å². The van der Waals surface area contributed by atoms with Gasteiger partial charge in [0.2, 0.25) is 0 Å². The minimum Gasteiger partial charge on any atom is -0.346 e. The molecule has 0 aromatic heterocycles. The molecule has 2 rings (SSSR count). The second kappa shape index (κ2) is 23.4. The summed E-state index contributed by atoms with van der Waals surface area (Å²) in [5, 5.41) is 0. The summed E-state index contributed by atoms with van der Waals surface area (Å²) in [6, 6.07) is 0. The predicted molar refractivity (Wildman–Crippen MR) is 65.5 cm³/mol. The zero-order chi connectivity index (χ0) is 11.1. The molecule has 0 fully saturated rings. The van der Waals surface area contributed by atoms with Crippen LogP contribution in [0.2, 0.25) is 0 Å². The maximum atomic E-state index is 3.25. The smallest absolute Gasteiger partial charge is 0.346 e. The largest absolute Gasteiger partial charge is 3.00 e. The first-order valence-corrected chi connectivity index (χ1v) is 5.14. The Bertz CT molecular complexity index is 144. The Labute approximate surface area is 106 Å². The van der Waals surface area contributed by atoms with Crippen molar-refractivity contribution in [2.24, 2.45) is 0 Å². The van der Waals surface area contributed by atoms with Crippen LogP contribution in [0.3, 0.4) is 0 Å². The third-order valence-electron chi connectivity index (χ3n) is 1.17. The monoisotopic (exact) mass is 245 g/mol. The zero-order valence-corrected chi connectivity index (χ0v) is 11.0. The van der Waals surface area contributed by atoms with Crippen LogP contribution < -0.4 is 0 Å². The molecule has 0 bridgehead atoms. The van der Waals surface area contributed by atoms with Crippen LogP contribution in [-0.4, -0.2) is 0 Å². The molecule has 15 heavy (non-hydrogen) atoms. The van der Waals surface area contributed by atoms with Gasteiger partial charge in [-0.15, -0.1) is 12.8 Å². The average Bonchev–Trinajstić information content (AvgIpc) is 3.01. The van der Waals surface area contributed by atoms with E-state index >= 15 is 0 Å². The fraction of sp³-hybridized carbons (Fsp3) is 0.357. The van der Waals surface area contributed by atoms with Crippen LogP contribution >= 0.6 is 0 Å². The van der Waals surface area contributed by atoms with E-state index < -0.39 is 0 Å². The topological polar surface area (TPSA) is 0 Å². The summed E-state index contributed by atoms with van der Waals surface area (Å²) in [5.41, 5.74) is 0. The average molecular weight is 245 g/mol. The molecule has 0 spiro atoms. The molecule has 0 aliphatic heterocycles. The predicted octanol–water partition coefficient (Wildman–Crippen LogP) is 4.48. The summed E-state index contributed by atoms with van der Waals surface area (Å²) in [6.45, 7) is 9.00. The molecule has 0 heterocycles. The minimum absolute atomic E-state index is 0. The maximum absolute atomic E-state index is 3.25. The molecular formula is C14H21Fe. The van der Waals surface area contributed by atoms with Gasteiger partial charge in [0.05, 0.1) is 0 Å². The summed E-state index contributed by atoms with van der Waals surface area (Å²) in [4.78, 5) is 0. The molecular weight excluding hydrogens is 224 g/mol. The molecule has 0 saturated heterocycles. The molecule has 1 heteroatoms. The molecule has 0 N–H and O–H groups in total. The van der Waals surface area contributed by atoms with Gasteiger partial charge < -0.3 is 6.92 Å². The van der Waals surface area contributed by atoms with Gasteiger partial charge in [0.15, 0.2) is 0 Å². The molecule has 0 unspecified atom stereocenters. The van der Waals surface area contributed by atoms with Gasteiger partial charge in [-0.2, -0.15) is 19.1 Å². The first-order valence-electron chi connectivity index (χ1n) is 5.14. The quantitative estimate of drug-likeness (QED) is 0.436. The SMILES string of the molecule is CC.[C-]1=CC=CC1.[C-]1=CC=CC1.[CH2-]C.[Fe+3]. The van der Waals surface area contributed by atoms with E-state index in [-0.39, 0.29) is 17.1 Å². The Morgan fingerprint density at radius 2 is 1.20 bits per heavy atom. The van der Waals surface area contributed by atoms with E-state index in [1.807, 2.05) is 38.2 Å². The van der Waals surface area contributed by atoms with Gasteiger partial charge in [-0.05, 0) is 0 Å². The van der Waals surface area contributed by atoms with Crippen molar-refractivity contribution in [3.63, 3.8) is 0 Å². The van der Waals surface area contributed by atoms with E-state index in [0.717, 1.165) is 12.8 Å². The molecule has 0 saturated carbocycles. The number of hydrogen-bond donors (Lipinski definition) is 0. The van der Waals surface area contributed by atoms with Crippen molar-refractivity contribution in [1.82, 2.24) is 0 Å². The van der Waals surface area contributed by atoms with Crippen molar-refractivity contribution in [2.75, 3.05) is 0 Å². The number of allylic oxidation sites excluding steroid dienone is 8. The molecule has 1 radical (unpaired) electrons. The Kier molecular flexibility index (Phi) is 31.1. The van der Waals surface area contributed by atoms with E-state index in [1.165, 1.54) is 0 Å². The third-order valence-corrected chi connectivity index (χ3v) is 1.17. The first kappa shape index (κ1) is 20.0. The van der Waals surface area contributed by atoms with Crippen LogP contribution in [0.25, 0.3) is 0 Å². The van der Waals surface area contributed by atoms with E-state index in [0.29, 0.717) is 0 Å². The van der Waals surface area contributed by atoms with Crippen LogP contribution in [0, 0.1) is 19.1 Å². The molecule has 2 aliphatic rings. The zero-order valence-electron chi connectivity index (χ0n) is 9.94. The molecule has 0 atom stereocenters. The van der Waals surface area contributed by atoms with Crippen LogP contribution in [0.4, 0.5) is 0 Å². The second-order valence-corrected chi connectivity index (χ2v) is 2.01. The summed E-state index contributed by atoms with van der Waals surface area (Å²) in [7, 11) is 0. The van der Waals surface area contributed by atoms with Gasteiger partial charge in [-0.1, -0.05) is 13.8 Å². The van der Waals surface area contributed by atoms with Crippen LogP contribution in [0.5, 0.6) is 0 Å². The van der Waals surface area contributed by atoms with Crippen molar-refractivity contribution in [3.05, 3.63) is 55.5 Å². The minimum atomic E-state index is 0. The van der Waals surface area contributed by atoms with Crippen molar-refractivity contribution < 1.29 is 17.1 Å². The Hall–Kier alpha value is -0.521. The van der Waals surface area contributed by atoms with Crippen LogP contribution in [0.1, 0.15) is 33.6 Å². The van der Waals surface area contributed by atoms with Gasteiger partial charge in [-0.3, -0.25) is 12.2 Å². The summed E-state index contributed by atoms with van der Waals surface area (Å²) in [5.74, 6) is 0. The fourth-order valence-corrected chi connectivity index (χ4v) is 0.680. The first-order chi connectivity index (χ1) is 7.00. The third kappa shape index (κ3) is 19.8. The van der Waals surface area contributed by atoms with Gasteiger partial charge in [-0.25, -0.2) is 24.3 Å². The maximum Gasteiger partial charge on any atom is 3.00 e. The Balaban J connectivity index is -0.000000138. The van der Waals surface area contributed by atoms with Crippen LogP contribution in [0.15, 0.2) is 36.5 Å². The molecule has 0 aromatic rings. The standard InChI is InChI=1S/2C5H5.C2H6.C2H5.Fe/c2*1-2-4-5-3-1;2*1-2;/h2*1-3H,4H2;1-2H3;1H2,2H3;/q2*-1;;-1;+3. The normalized spacial score (nSPS) is 12.5. The van der Waals surface area contributed by atoms with Crippen molar-refractivity contribution in [3.8, 4) is 0 Å². The van der Waals surface area contributed by atoms with Gasteiger partial charge in [0, 0.05) is 0 Å². The number of hydrogen-bond acceptors (Lipinski definition) is 0. The van der Waals surface area contributed by atoms with E-state index in [9.17, 15) is 0 Å². The van der Waals surface area contributed by atoms with E-state index in [2.05, 4.69) is 31.2 Å². The Morgan fingerprint density at radius 1 is 0.867 bits per heavy atom.